The number of nitriles is 1. The number of benzene rings is 1. The number of hydrogen-bond donors (Lipinski definition) is 2. The molecule has 0 spiro atoms. The van der Waals surface area contributed by atoms with Gasteiger partial charge in [0, 0.05) is 0 Å². The highest BCUT2D eigenvalue weighted by Crippen LogP contribution is 2.25. The van der Waals surface area contributed by atoms with Crippen LogP contribution in [0, 0.1) is 18.3 Å². The predicted molar refractivity (Wildman–Crippen MR) is 58.9 cm³/mol. The third-order valence-electron chi connectivity index (χ3n) is 2.46. The molecule has 1 rings (SSSR count). The Hall–Kier alpha value is -1.57. The smallest absolute Gasteiger partial charge is 0.119 e. The Labute approximate surface area is 94.7 Å². The van der Waals surface area contributed by atoms with Gasteiger partial charge in [0.05, 0.1) is 25.7 Å². The molecule has 1 aromatic rings. The van der Waals surface area contributed by atoms with E-state index in [-0.39, 0.29) is 6.42 Å². The van der Waals surface area contributed by atoms with Gasteiger partial charge in [0.1, 0.15) is 11.9 Å². The van der Waals surface area contributed by atoms with Crippen LogP contribution in [0.3, 0.4) is 0 Å². The molecule has 4 nitrogen and oxygen atoms in total. The van der Waals surface area contributed by atoms with Gasteiger partial charge in [-0.15, -0.1) is 0 Å². The lowest BCUT2D eigenvalue weighted by atomic mass is 9.98. The Bertz CT molecular complexity index is 398. The first-order chi connectivity index (χ1) is 7.60. The summed E-state index contributed by atoms with van der Waals surface area (Å²) in [4.78, 5) is 0. The Morgan fingerprint density at radius 2 is 2.12 bits per heavy atom. The van der Waals surface area contributed by atoms with Crippen LogP contribution in [-0.2, 0) is 0 Å². The largest absolute Gasteiger partial charge is 0.497 e. The van der Waals surface area contributed by atoms with Crippen LogP contribution in [0.1, 0.15) is 23.7 Å². The van der Waals surface area contributed by atoms with E-state index in [1.807, 2.05) is 13.0 Å². The minimum Gasteiger partial charge on any atom is -0.497 e. The van der Waals surface area contributed by atoms with E-state index in [9.17, 15) is 10.2 Å². The fraction of sp³-hybridized carbons (Fsp3) is 0.417. The molecule has 0 amide bonds. The molecule has 2 atom stereocenters. The fourth-order valence-electron chi connectivity index (χ4n) is 1.52. The van der Waals surface area contributed by atoms with Gasteiger partial charge in [0.15, 0.2) is 0 Å². The molecule has 1 aromatic carbocycles. The van der Waals surface area contributed by atoms with Crippen LogP contribution in [0.4, 0.5) is 0 Å². The van der Waals surface area contributed by atoms with Crippen LogP contribution < -0.4 is 4.74 Å². The van der Waals surface area contributed by atoms with Crippen molar-refractivity contribution in [2.75, 3.05) is 7.11 Å². The summed E-state index contributed by atoms with van der Waals surface area (Å²) in [5.74, 6) is 0.697. The maximum Gasteiger partial charge on any atom is 0.119 e. The lowest BCUT2D eigenvalue weighted by Gasteiger charge is -2.18. The van der Waals surface area contributed by atoms with E-state index in [1.54, 1.807) is 25.3 Å². The van der Waals surface area contributed by atoms with Gasteiger partial charge < -0.3 is 14.9 Å². The van der Waals surface area contributed by atoms with E-state index >= 15 is 0 Å². The molecule has 0 radical (unpaired) electrons. The van der Waals surface area contributed by atoms with Crippen LogP contribution in [0.5, 0.6) is 5.75 Å². The van der Waals surface area contributed by atoms with E-state index in [1.165, 1.54) is 0 Å². The second kappa shape index (κ2) is 5.50. The second-order valence-corrected chi connectivity index (χ2v) is 3.60. The average molecular weight is 221 g/mol. The molecule has 2 unspecified atom stereocenters. The third-order valence-corrected chi connectivity index (χ3v) is 2.46. The standard InChI is InChI=1S/C12H15NO3/c1-8-7-9(16-2)3-4-10(8)12(15)11(14)5-6-13/h3-4,7,11-12,14-15H,5H2,1-2H3. The Kier molecular flexibility index (Phi) is 4.29. The molecule has 0 aromatic heterocycles. The van der Waals surface area contributed by atoms with Crippen molar-refractivity contribution in [3.05, 3.63) is 29.3 Å². The minimum atomic E-state index is -1.06. The molecule has 0 aliphatic carbocycles. The van der Waals surface area contributed by atoms with Crippen molar-refractivity contribution in [1.82, 2.24) is 0 Å². The lowest BCUT2D eigenvalue weighted by Crippen LogP contribution is -2.18. The topological polar surface area (TPSA) is 73.5 Å². The summed E-state index contributed by atoms with van der Waals surface area (Å²) in [7, 11) is 1.56. The normalized spacial score (nSPS) is 13.9. The zero-order valence-corrected chi connectivity index (χ0v) is 9.34. The van der Waals surface area contributed by atoms with Crippen LogP contribution >= 0.6 is 0 Å². The molecule has 0 heterocycles. The highest BCUT2D eigenvalue weighted by Gasteiger charge is 2.19. The van der Waals surface area contributed by atoms with Crippen LogP contribution in [0.25, 0.3) is 0 Å². The van der Waals surface area contributed by atoms with Crippen molar-refractivity contribution in [2.45, 2.75) is 25.6 Å². The molecular weight excluding hydrogens is 206 g/mol. The first-order valence-electron chi connectivity index (χ1n) is 4.97. The quantitative estimate of drug-likeness (QED) is 0.804. The SMILES string of the molecule is COc1ccc(C(O)C(O)CC#N)c(C)c1. The number of aliphatic hydroxyl groups is 2. The molecule has 0 bridgehead atoms. The van der Waals surface area contributed by atoms with Crippen LogP contribution in [0.2, 0.25) is 0 Å². The number of aryl methyl sites for hydroxylation is 1. The Morgan fingerprint density at radius 3 is 2.62 bits per heavy atom. The first-order valence-corrected chi connectivity index (χ1v) is 4.97. The number of ether oxygens (including phenoxy) is 1. The summed E-state index contributed by atoms with van der Waals surface area (Å²) < 4.78 is 5.04. The fourth-order valence-corrected chi connectivity index (χ4v) is 1.52. The summed E-state index contributed by atoms with van der Waals surface area (Å²) in [5, 5.41) is 27.8. The third kappa shape index (κ3) is 2.72. The number of aliphatic hydroxyl groups excluding tert-OH is 2. The van der Waals surface area contributed by atoms with Crippen molar-refractivity contribution in [1.29, 1.82) is 5.26 Å². The number of rotatable bonds is 4. The monoisotopic (exact) mass is 221 g/mol. The summed E-state index contributed by atoms with van der Waals surface area (Å²) in [5.41, 5.74) is 1.44. The molecule has 86 valence electrons. The lowest BCUT2D eigenvalue weighted by molar-refractivity contribution is 0.0212. The molecule has 0 fully saturated rings. The van der Waals surface area contributed by atoms with Gasteiger partial charge >= 0.3 is 0 Å². The highest BCUT2D eigenvalue weighted by atomic mass is 16.5. The molecule has 4 heteroatoms. The van der Waals surface area contributed by atoms with Gasteiger partial charge in [-0.2, -0.15) is 5.26 Å². The summed E-state index contributed by atoms with van der Waals surface area (Å²) in [6, 6.07) is 7.01. The van der Waals surface area contributed by atoms with Gasteiger partial charge in [-0.25, -0.2) is 0 Å². The number of hydrogen-bond acceptors (Lipinski definition) is 4. The van der Waals surface area contributed by atoms with Gasteiger partial charge in [0.2, 0.25) is 0 Å². The van der Waals surface area contributed by atoms with Gasteiger partial charge in [0.25, 0.3) is 0 Å². The van der Waals surface area contributed by atoms with Crippen molar-refractivity contribution < 1.29 is 14.9 Å². The zero-order chi connectivity index (χ0) is 12.1. The molecule has 0 saturated heterocycles. The number of methoxy groups -OCH3 is 1. The average Bonchev–Trinajstić information content (AvgIpc) is 2.28. The maximum absolute atomic E-state index is 9.82. The van der Waals surface area contributed by atoms with E-state index < -0.39 is 12.2 Å². The Morgan fingerprint density at radius 1 is 1.44 bits per heavy atom. The minimum absolute atomic E-state index is 0.0906. The van der Waals surface area contributed by atoms with Crippen molar-refractivity contribution in [3.63, 3.8) is 0 Å². The summed E-state index contributed by atoms with van der Waals surface area (Å²) in [6.07, 6.45) is -2.19. The molecular formula is C12H15NO3. The molecule has 16 heavy (non-hydrogen) atoms. The zero-order valence-electron chi connectivity index (χ0n) is 9.34. The maximum atomic E-state index is 9.82. The summed E-state index contributed by atoms with van der Waals surface area (Å²) >= 11 is 0. The van der Waals surface area contributed by atoms with Crippen molar-refractivity contribution in [3.8, 4) is 11.8 Å². The molecule has 2 N–H and O–H groups in total. The number of nitrogens with zero attached hydrogens (tertiary/aromatic N) is 1. The van der Waals surface area contributed by atoms with E-state index in [4.69, 9.17) is 10.00 Å². The molecule has 0 saturated carbocycles. The van der Waals surface area contributed by atoms with Gasteiger partial charge in [-0.1, -0.05) is 6.07 Å². The molecule has 0 aliphatic heterocycles. The summed E-state index contributed by atoms with van der Waals surface area (Å²) in [6.45, 7) is 1.82. The van der Waals surface area contributed by atoms with Gasteiger partial charge in [-0.3, -0.25) is 0 Å². The van der Waals surface area contributed by atoms with Gasteiger partial charge in [-0.05, 0) is 30.2 Å². The molecule has 0 aliphatic rings. The van der Waals surface area contributed by atoms with Crippen LogP contribution in [0.15, 0.2) is 18.2 Å². The second-order valence-electron chi connectivity index (χ2n) is 3.60. The first kappa shape index (κ1) is 12.5. The van der Waals surface area contributed by atoms with E-state index in [2.05, 4.69) is 0 Å². The van der Waals surface area contributed by atoms with Crippen molar-refractivity contribution in [2.24, 2.45) is 0 Å². The highest BCUT2D eigenvalue weighted by molar-refractivity contribution is 5.36. The Balaban J connectivity index is 2.92. The van der Waals surface area contributed by atoms with E-state index in [0.717, 1.165) is 5.56 Å². The van der Waals surface area contributed by atoms with Crippen molar-refractivity contribution >= 4 is 0 Å². The van der Waals surface area contributed by atoms with Crippen LogP contribution in [-0.4, -0.2) is 23.4 Å². The predicted octanol–water partition coefficient (Wildman–Crippen LogP) is 1.31. The van der Waals surface area contributed by atoms with E-state index in [0.29, 0.717) is 11.3 Å².